The van der Waals surface area contributed by atoms with E-state index < -0.39 is 0 Å². The predicted molar refractivity (Wildman–Crippen MR) is 73.2 cm³/mol. The molecule has 2 rings (SSSR count). The fourth-order valence-corrected chi connectivity index (χ4v) is 1.57. The SMILES string of the molecule is O=C(NCCc1ncno1)c1ncccc1C#CCCO. The van der Waals surface area contributed by atoms with Crippen LogP contribution in [0, 0.1) is 11.8 Å². The number of hydrogen-bond donors (Lipinski definition) is 2. The second-order valence-electron chi connectivity index (χ2n) is 4.02. The third-order valence-electron chi connectivity index (χ3n) is 2.51. The minimum absolute atomic E-state index is 0.0149. The lowest BCUT2D eigenvalue weighted by Gasteiger charge is -2.04. The van der Waals surface area contributed by atoms with Gasteiger partial charge in [0, 0.05) is 25.6 Å². The number of nitrogens with one attached hydrogen (secondary N) is 1. The number of carbonyl (C=O) groups excluding carboxylic acids is 1. The topological polar surface area (TPSA) is 101 Å². The number of aliphatic hydroxyl groups is 1. The summed E-state index contributed by atoms with van der Waals surface area (Å²) in [6.07, 6.45) is 3.64. The first-order valence-electron chi connectivity index (χ1n) is 6.39. The molecular weight excluding hydrogens is 272 g/mol. The molecule has 0 aromatic carbocycles. The van der Waals surface area contributed by atoms with Crippen LogP contribution < -0.4 is 5.32 Å². The van der Waals surface area contributed by atoms with E-state index in [9.17, 15) is 4.79 Å². The Kier molecular flexibility index (Phi) is 5.43. The zero-order chi connectivity index (χ0) is 14.9. The van der Waals surface area contributed by atoms with Crippen molar-refractivity contribution in [2.45, 2.75) is 12.8 Å². The van der Waals surface area contributed by atoms with Crippen LogP contribution in [0.5, 0.6) is 0 Å². The van der Waals surface area contributed by atoms with E-state index in [1.165, 1.54) is 12.5 Å². The highest BCUT2D eigenvalue weighted by Gasteiger charge is 2.11. The third kappa shape index (κ3) is 4.40. The first-order valence-corrected chi connectivity index (χ1v) is 6.39. The maximum atomic E-state index is 12.1. The zero-order valence-electron chi connectivity index (χ0n) is 11.2. The van der Waals surface area contributed by atoms with E-state index >= 15 is 0 Å². The van der Waals surface area contributed by atoms with E-state index in [1.807, 2.05) is 0 Å². The quantitative estimate of drug-likeness (QED) is 0.760. The van der Waals surface area contributed by atoms with Crippen LogP contribution >= 0.6 is 0 Å². The summed E-state index contributed by atoms with van der Waals surface area (Å²) < 4.78 is 4.84. The van der Waals surface area contributed by atoms with Gasteiger partial charge in [-0.3, -0.25) is 4.79 Å². The van der Waals surface area contributed by atoms with Gasteiger partial charge in [0.1, 0.15) is 5.69 Å². The largest absolute Gasteiger partial charge is 0.395 e. The molecule has 0 saturated carbocycles. The van der Waals surface area contributed by atoms with Crippen LogP contribution in [0.25, 0.3) is 0 Å². The average molecular weight is 286 g/mol. The van der Waals surface area contributed by atoms with Gasteiger partial charge in [0.05, 0.1) is 12.2 Å². The molecule has 0 aliphatic rings. The molecule has 7 heteroatoms. The number of rotatable bonds is 5. The van der Waals surface area contributed by atoms with E-state index in [4.69, 9.17) is 9.63 Å². The Morgan fingerprint density at radius 3 is 3.10 bits per heavy atom. The molecule has 0 radical (unpaired) electrons. The van der Waals surface area contributed by atoms with Crippen LogP contribution in [0.1, 0.15) is 28.4 Å². The molecule has 1 amide bonds. The molecule has 108 valence electrons. The summed E-state index contributed by atoms with van der Waals surface area (Å²) in [7, 11) is 0. The fourth-order valence-electron chi connectivity index (χ4n) is 1.57. The number of amides is 1. The molecule has 0 atom stereocenters. The first-order chi connectivity index (χ1) is 10.3. The second kappa shape index (κ2) is 7.77. The Morgan fingerprint density at radius 2 is 2.33 bits per heavy atom. The normalized spacial score (nSPS) is 9.76. The van der Waals surface area contributed by atoms with Crippen molar-refractivity contribution in [3.63, 3.8) is 0 Å². The van der Waals surface area contributed by atoms with Crippen molar-refractivity contribution < 1.29 is 14.4 Å². The Bertz CT molecular complexity index is 644. The van der Waals surface area contributed by atoms with Crippen molar-refractivity contribution in [2.24, 2.45) is 0 Å². The Labute approximate surface area is 121 Å². The molecule has 2 aromatic rings. The molecule has 0 fully saturated rings. The first kappa shape index (κ1) is 14.7. The maximum Gasteiger partial charge on any atom is 0.271 e. The molecular formula is C14H14N4O3. The maximum absolute atomic E-state index is 12.1. The van der Waals surface area contributed by atoms with Gasteiger partial charge >= 0.3 is 0 Å². The summed E-state index contributed by atoms with van der Waals surface area (Å²) in [6, 6.07) is 3.42. The second-order valence-corrected chi connectivity index (χ2v) is 4.02. The zero-order valence-corrected chi connectivity index (χ0v) is 11.2. The molecule has 2 N–H and O–H groups in total. The van der Waals surface area contributed by atoms with Crippen LogP contribution in [-0.4, -0.2) is 39.3 Å². The van der Waals surface area contributed by atoms with Crippen molar-refractivity contribution >= 4 is 5.91 Å². The molecule has 7 nitrogen and oxygen atoms in total. The highest BCUT2D eigenvalue weighted by molar-refractivity contribution is 5.94. The van der Waals surface area contributed by atoms with E-state index in [2.05, 4.69) is 32.3 Å². The van der Waals surface area contributed by atoms with E-state index in [1.54, 1.807) is 12.1 Å². The number of aromatic nitrogens is 3. The van der Waals surface area contributed by atoms with Crippen molar-refractivity contribution in [1.82, 2.24) is 20.4 Å². The van der Waals surface area contributed by atoms with Gasteiger partial charge in [-0.2, -0.15) is 4.98 Å². The molecule has 0 aliphatic carbocycles. The number of hydrogen-bond acceptors (Lipinski definition) is 6. The minimum Gasteiger partial charge on any atom is -0.395 e. The van der Waals surface area contributed by atoms with Crippen molar-refractivity contribution in [3.8, 4) is 11.8 Å². The summed E-state index contributed by atoms with van der Waals surface area (Å²) in [5, 5.41) is 14.9. The summed E-state index contributed by atoms with van der Waals surface area (Å²) in [5.41, 5.74) is 0.787. The summed E-state index contributed by atoms with van der Waals surface area (Å²) in [4.78, 5) is 20.0. The number of aliphatic hydroxyl groups excluding tert-OH is 1. The van der Waals surface area contributed by atoms with Crippen LogP contribution in [0.15, 0.2) is 29.2 Å². The van der Waals surface area contributed by atoms with Crippen molar-refractivity contribution in [2.75, 3.05) is 13.2 Å². The highest BCUT2D eigenvalue weighted by atomic mass is 16.5. The van der Waals surface area contributed by atoms with E-state index in [-0.39, 0.29) is 18.2 Å². The van der Waals surface area contributed by atoms with Gasteiger partial charge in [0.2, 0.25) is 5.89 Å². The standard InChI is InChI=1S/C14H14N4O3/c19-9-2-1-4-11-5-3-7-15-13(11)14(20)16-8-6-12-17-10-18-21-12/h3,5,7,10,19H,2,6,8-9H2,(H,16,20). The van der Waals surface area contributed by atoms with Crippen LogP contribution in [0.3, 0.4) is 0 Å². The van der Waals surface area contributed by atoms with Crippen LogP contribution in [-0.2, 0) is 6.42 Å². The number of nitrogens with zero attached hydrogens (tertiary/aromatic N) is 3. The lowest BCUT2D eigenvalue weighted by molar-refractivity contribution is 0.0948. The summed E-state index contributed by atoms with van der Waals surface area (Å²) in [6.45, 7) is 0.347. The van der Waals surface area contributed by atoms with E-state index in [0.29, 0.717) is 30.8 Å². The van der Waals surface area contributed by atoms with Gasteiger partial charge in [-0.15, -0.1) is 0 Å². The summed E-state index contributed by atoms with van der Waals surface area (Å²) >= 11 is 0. The van der Waals surface area contributed by atoms with Gasteiger partial charge in [0.25, 0.3) is 5.91 Å². The lowest BCUT2D eigenvalue weighted by Crippen LogP contribution is -2.27. The average Bonchev–Trinajstić information content (AvgIpc) is 3.01. The molecule has 21 heavy (non-hydrogen) atoms. The molecule has 0 unspecified atom stereocenters. The molecule has 2 heterocycles. The Morgan fingerprint density at radius 1 is 1.43 bits per heavy atom. The third-order valence-corrected chi connectivity index (χ3v) is 2.51. The number of carbonyl (C=O) groups is 1. The van der Waals surface area contributed by atoms with Gasteiger partial charge in [-0.1, -0.05) is 17.0 Å². The number of pyridine rings is 1. The predicted octanol–water partition coefficient (Wildman–Crippen LogP) is 0.171. The Hall–Kier alpha value is -2.72. The van der Waals surface area contributed by atoms with Gasteiger partial charge in [-0.25, -0.2) is 4.98 Å². The highest BCUT2D eigenvalue weighted by Crippen LogP contribution is 2.03. The van der Waals surface area contributed by atoms with Gasteiger partial charge in [0.15, 0.2) is 6.33 Å². The van der Waals surface area contributed by atoms with Crippen molar-refractivity contribution in [1.29, 1.82) is 0 Å². The monoisotopic (exact) mass is 286 g/mol. The molecule has 0 bridgehead atoms. The molecule has 0 saturated heterocycles. The smallest absolute Gasteiger partial charge is 0.271 e. The van der Waals surface area contributed by atoms with E-state index in [0.717, 1.165) is 0 Å². The molecule has 0 aliphatic heterocycles. The van der Waals surface area contributed by atoms with Crippen molar-refractivity contribution in [3.05, 3.63) is 41.8 Å². The summed E-state index contributed by atoms with van der Waals surface area (Å²) in [5.74, 6) is 5.74. The lowest BCUT2D eigenvalue weighted by atomic mass is 10.2. The molecule has 2 aromatic heterocycles. The van der Waals surface area contributed by atoms with Crippen LogP contribution in [0.4, 0.5) is 0 Å². The minimum atomic E-state index is -0.316. The molecule has 0 spiro atoms. The van der Waals surface area contributed by atoms with Crippen LogP contribution in [0.2, 0.25) is 0 Å². The fraction of sp³-hybridized carbons (Fsp3) is 0.286. The Balaban J connectivity index is 1.97. The van der Waals surface area contributed by atoms with Gasteiger partial charge < -0.3 is 14.9 Å². The van der Waals surface area contributed by atoms with Gasteiger partial charge in [-0.05, 0) is 12.1 Å².